The summed E-state index contributed by atoms with van der Waals surface area (Å²) in [5, 5.41) is 9.33. The van der Waals surface area contributed by atoms with E-state index in [1.165, 1.54) is 6.07 Å². The minimum atomic E-state index is -1.05. The summed E-state index contributed by atoms with van der Waals surface area (Å²) in [5.41, 5.74) is 1.03. The van der Waals surface area contributed by atoms with Gasteiger partial charge in [-0.15, -0.1) is 0 Å². The van der Waals surface area contributed by atoms with E-state index in [9.17, 15) is 9.00 Å². The van der Waals surface area contributed by atoms with Crippen LogP contribution in [0, 0.1) is 0 Å². The van der Waals surface area contributed by atoms with Crippen molar-refractivity contribution in [1.29, 1.82) is 0 Å². The third kappa shape index (κ3) is 2.15. The van der Waals surface area contributed by atoms with Gasteiger partial charge in [0.1, 0.15) is 10.2 Å². The zero-order valence-electron chi connectivity index (χ0n) is 10.0. The molecule has 0 bridgehead atoms. The minimum absolute atomic E-state index is 0.0603. The number of carbonyl (C=O) groups is 1. The molecule has 18 heavy (non-hydrogen) atoms. The van der Waals surface area contributed by atoms with Gasteiger partial charge in [-0.3, -0.25) is 0 Å². The molecule has 1 atom stereocenters. The van der Waals surface area contributed by atoms with Crippen LogP contribution >= 0.6 is 11.6 Å². The zero-order valence-corrected chi connectivity index (χ0v) is 12.4. The molecule has 0 aliphatic carbocycles. The number of hydrogen-bond acceptors (Lipinski definition) is 2. The highest BCUT2D eigenvalue weighted by molar-refractivity contribution is 8.31. The van der Waals surface area contributed by atoms with E-state index in [-0.39, 0.29) is 16.0 Å². The molecule has 1 N–H and O–H groups in total. The van der Waals surface area contributed by atoms with Gasteiger partial charge >= 0.3 is 5.97 Å². The minimum Gasteiger partial charge on any atom is -0.478 e. The highest BCUT2D eigenvalue weighted by Gasteiger charge is 2.33. The van der Waals surface area contributed by atoms with E-state index in [4.69, 9.17) is 16.7 Å². The van der Waals surface area contributed by atoms with Crippen molar-refractivity contribution in [3.63, 3.8) is 0 Å². The molecule has 1 aliphatic rings. The van der Waals surface area contributed by atoms with Gasteiger partial charge in [-0.1, -0.05) is 41.0 Å². The predicted octanol–water partition coefficient (Wildman–Crippen LogP) is 2.82. The zero-order chi connectivity index (χ0) is 13.5. The molecule has 1 aliphatic heterocycles. The number of aromatic carboxylic acids is 1. The lowest BCUT2D eigenvalue weighted by molar-refractivity contribution is 0.0696. The molecule has 0 spiro atoms. The molecule has 6 heteroatoms. The predicted molar refractivity (Wildman–Crippen MR) is 74.7 cm³/mol. The van der Waals surface area contributed by atoms with Crippen molar-refractivity contribution in [2.75, 3.05) is 5.75 Å². The fourth-order valence-corrected chi connectivity index (χ4v) is 5.90. The highest BCUT2D eigenvalue weighted by atomic mass is 35.5. The van der Waals surface area contributed by atoms with Crippen molar-refractivity contribution in [3.8, 4) is 0 Å². The van der Waals surface area contributed by atoms with Crippen LogP contribution in [0.4, 0.5) is 0 Å². The van der Waals surface area contributed by atoms with Crippen molar-refractivity contribution in [2.24, 2.45) is 0 Å². The summed E-state index contributed by atoms with van der Waals surface area (Å²) in [6.45, 7) is 4.19. The number of halogens is 1. The molecule has 1 aromatic carbocycles. The average molecular weight is 305 g/mol. The first kappa shape index (κ1) is 13.8. The Labute approximate surface area is 116 Å². The summed E-state index contributed by atoms with van der Waals surface area (Å²) in [6.07, 6.45) is 0.918. The molecule has 1 unspecified atom stereocenters. The van der Waals surface area contributed by atoms with Gasteiger partial charge in [0.25, 0.3) is 0 Å². The van der Waals surface area contributed by atoms with E-state index >= 15 is 0 Å². The normalized spacial score (nSPS) is 21.2. The van der Waals surface area contributed by atoms with Crippen LogP contribution in [-0.2, 0) is 25.1 Å². The molecule has 0 amide bonds. The molecule has 98 valence electrons. The number of fused-ring (bicyclic) bond motifs is 1. The van der Waals surface area contributed by atoms with Crippen LogP contribution < -0.4 is 0 Å². The first-order chi connectivity index (χ1) is 8.38. The summed E-state index contributed by atoms with van der Waals surface area (Å²) in [7, 11) is -0.0216. The van der Waals surface area contributed by atoms with Gasteiger partial charge in [0.2, 0.25) is 0 Å². The van der Waals surface area contributed by atoms with Gasteiger partial charge < -0.3 is 5.11 Å². The van der Waals surface area contributed by atoms with Crippen LogP contribution in [0.1, 0.15) is 36.2 Å². The van der Waals surface area contributed by atoms with Gasteiger partial charge in [-0.25, -0.2) is 9.00 Å². The Balaban J connectivity index is 2.80. The van der Waals surface area contributed by atoms with Crippen LogP contribution in [-0.4, -0.2) is 21.0 Å². The Hall–Kier alpha value is -0.650. The van der Waals surface area contributed by atoms with E-state index in [0.717, 1.165) is 22.6 Å². The Morgan fingerprint density at radius 3 is 2.72 bits per heavy atom. The second kappa shape index (κ2) is 4.79. The molecule has 1 aromatic rings. The second-order valence-corrected chi connectivity index (χ2v) is 8.50. The Bertz CT molecular complexity index is 589. The van der Waals surface area contributed by atoms with Gasteiger partial charge in [0.05, 0.1) is 10.6 Å². The van der Waals surface area contributed by atoms with Gasteiger partial charge in [0, 0.05) is 10.6 Å². The topological polar surface area (TPSA) is 54.4 Å². The van der Waals surface area contributed by atoms with E-state index in [1.54, 1.807) is 6.07 Å². The van der Waals surface area contributed by atoms with Gasteiger partial charge in [0.15, 0.2) is 0 Å². The molecule has 1 heterocycles. The third-order valence-corrected chi connectivity index (χ3v) is 6.89. The lowest BCUT2D eigenvalue weighted by Gasteiger charge is -2.33. The van der Waals surface area contributed by atoms with Crippen LogP contribution in [0.5, 0.6) is 0 Å². The fraction of sp³-hybridized carbons (Fsp3) is 0.417. The summed E-state index contributed by atoms with van der Waals surface area (Å²) >= 11 is 6.20. The lowest BCUT2D eigenvalue weighted by atomic mass is 9.81. The number of carboxylic acids is 1. The molecule has 2 rings (SSSR count). The molecular weight excluding hydrogens is 292 g/mol. The van der Waals surface area contributed by atoms with Crippen molar-refractivity contribution < 1.29 is 14.1 Å². The molecule has 0 saturated carbocycles. The maximum atomic E-state index is 11.2. The molecule has 3 nitrogen and oxygen atoms in total. The first-order valence-corrected chi connectivity index (χ1v) is 8.49. The van der Waals surface area contributed by atoms with Crippen LogP contribution in [0.2, 0.25) is 5.02 Å². The lowest BCUT2D eigenvalue weighted by Crippen LogP contribution is -2.28. The number of benzene rings is 1. The van der Waals surface area contributed by atoms with Gasteiger partial charge in [-0.05, 0) is 23.5 Å². The van der Waals surface area contributed by atoms with E-state index in [1.807, 2.05) is 0 Å². The van der Waals surface area contributed by atoms with E-state index in [0.29, 0.717) is 10.2 Å². The highest BCUT2D eigenvalue weighted by Crippen LogP contribution is 2.41. The van der Waals surface area contributed by atoms with Crippen LogP contribution in [0.25, 0.3) is 0 Å². The average Bonchev–Trinajstić information content (AvgIpc) is 2.29. The standard InChI is InChI=1S/C12H13ClO3S2/c1-12(2)5-6-18(17-16)10-8(12)4-3-7(9(10)13)11(14)15/h3-4H,5-6H2,1-2H3,(H,14,15). The Morgan fingerprint density at radius 1 is 1.50 bits per heavy atom. The summed E-state index contributed by atoms with van der Waals surface area (Å²) in [5.74, 6) is -0.289. The molecule has 0 fully saturated rings. The molecule has 0 saturated heterocycles. The Kier molecular flexibility index (Phi) is 3.67. The quantitative estimate of drug-likeness (QED) is 0.868. The third-order valence-electron chi connectivity index (χ3n) is 3.28. The number of hydrogen-bond donors (Lipinski definition) is 1. The van der Waals surface area contributed by atoms with Gasteiger partial charge in [-0.2, -0.15) is 0 Å². The smallest absolute Gasteiger partial charge is 0.337 e. The number of rotatable bonds is 1. The van der Waals surface area contributed by atoms with Crippen molar-refractivity contribution in [3.05, 3.63) is 28.3 Å². The van der Waals surface area contributed by atoms with Crippen LogP contribution in [0.15, 0.2) is 17.0 Å². The Morgan fingerprint density at radius 2 is 2.17 bits per heavy atom. The largest absolute Gasteiger partial charge is 0.478 e. The van der Waals surface area contributed by atoms with E-state index in [2.05, 4.69) is 13.8 Å². The maximum absolute atomic E-state index is 11.2. The van der Waals surface area contributed by atoms with E-state index < -0.39 is 15.4 Å². The molecular formula is C12H13ClO3S2. The fourth-order valence-electron chi connectivity index (χ4n) is 2.13. The van der Waals surface area contributed by atoms with Crippen molar-refractivity contribution in [1.82, 2.24) is 0 Å². The first-order valence-electron chi connectivity index (χ1n) is 5.46. The van der Waals surface area contributed by atoms with Crippen LogP contribution in [0.3, 0.4) is 0 Å². The maximum Gasteiger partial charge on any atom is 0.337 e. The van der Waals surface area contributed by atoms with Crippen molar-refractivity contribution in [2.45, 2.75) is 30.6 Å². The second-order valence-electron chi connectivity index (χ2n) is 4.86. The molecule has 0 aromatic heterocycles. The number of carboxylic acid groups (broad SMARTS) is 1. The SMILES string of the molecule is CC1(C)CCS(=S=O)c2c1ccc(C(=O)O)c2Cl. The summed E-state index contributed by atoms with van der Waals surface area (Å²) in [4.78, 5) is 11.8. The van der Waals surface area contributed by atoms with Crippen molar-refractivity contribution >= 4 is 37.3 Å². The summed E-state index contributed by atoms with van der Waals surface area (Å²) in [6, 6.07) is 3.34. The summed E-state index contributed by atoms with van der Waals surface area (Å²) < 4.78 is 11.2. The monoisotopic (exact) mass is 304 g/mol. The molecule has 0 radical (unpaired) electrons.